The summed E-state index contributed by atoms with van der Waals surface area (Å²) in [5.74, 6) is 0.908. The first kappa shape index (κ1) is 15.9. The molecule has 0 saturated carbocycles. The van der Waals surface area contributed by atoms with E-state index in [0.717, 1.165) is 16.3 Å². The standard InChI is InChI=1S/C22H19NOS/c1-25-21-15-19-12-7-8-14-23(19)22(21)24-16-18-11-5-6-13-20(18)17-9-3-2-4-10-17/h2-15H,16H2,1H3. The third-order valence-corrected chi connectivity index (χ3v) is 5.02. The number of ether oxygens (including phenoxy) is 1. The van der Waals surface area contributed by atoms with Gasteiger partial charge in [0.2, 0.25) is 5.88 Å². The first-order valence-corrected chi connectivity index (χ1v) is 9.49. The molecule has 0 bridgehead atoms. The Hall–Kier alpha value is -2.65. The second kappa shape index (κ2) is 7.08. The van der Waals surface area contributed by atoms with Gasteiger partial charge in [0.15, 0.2) is 0 Å². The SMILES string of the molecule is CSc1cc2ccccn2c1OCc1ccccc1-c1ccccc1. The minimum absolute atomic E-state index is 0.541. The van der Waals surface area contributed by atoms with Crippen LogP contribution in [0, 0.1) is 0 Å². The third-order valence-electron chi connectivity index (χ3n) is 4.29. The van der Waals surface area contributed by atoms with Crippen molar-refractivity contribution < 1.29 is 4.74 Å². The van der Waals surface area contributed by atoms with E-state index in [1.165, 1.54) is 16.7 Å². The van der Waals surface area contributed by atoms with Crippen LogP contribution in [0.25, 0.3) is 16.6 Å². The maximum absolute atomic E-state index is 6.27. The summed E-state index contributed by atoms with van der Waals surface area (Å²) in [4.78, 5) is 1.16. The average Bonchev–Trinajstić information content (AvgIpc) is 3.05. The minimum Gasteiger partial charge on any atom is -0.473 e. The number of aromatic nitrogens is 1. The van der Waals surface area contributed by atoms with E-state index in [2.05, 4.69) is 71.3 Å². The summed E-state index contributed by atoms with van der Waals surface area (Å²) in [5, 5.41) is 0. The molecular formula is C22H19NOS. The van der Waals surface area contributed by atoms with E-state index in [9.17, 15) is 0 Å². The number of thioether (sulfide) groups is 1. The molecule has 0 N–H and O–H groups in total. The second-order valence-corrected chi connectivity index (χ2v) is 6.67. The van der Waals surface area contributed by atoms with Crippen molar-refractivity contribution in [1.82, 2.24) is 4.40 Å². The van der Waals surface area contributed by atoms with Crippen LogP contribution < -0.4 is 4.74 Å². The van der Waals surface area contributed by atoms with Crippen LogP contribution in [0.1, 0.15) is 5.56 Å². The number of nitrogens with zero attached hydrogens (tertiary/aromatic N) is 1. The molecule has 0 aliphatic heterocycles. The Morgan fingerprint density at radius 3 is 2.48 bits per heavy atom. The van der Waals surface area contributed by atoms with Gasteiger partial charge in [-0.3, -0.25) is 4.40 Å². The molecule has 0 atom stereocenters. The largest absolute Gasteiger partial charge is 0.473 e. The van der Waals surface area contributed by atoms with E-state index in [0.29, 0.717) is 6.61 Å². The van der Waals surface area contributed by atoms with Crippen molar-refractivity contribution in [2.75, 3.05) is 6.26 Å². The van der Waals surface area contributed by atoms with Gasteiger partial charge in [-0.05, 0) is 41.1 Å². The fourth-order valence-electron chi connectivity index (χ4n) is 3.05. The predicted molar refractivity (Wildman–Crippen MR) is 105 cm³/mol. The van der Waals surface area contributed by atoms with Crippen LogP contribution in [0.2, 0.25) is 0 Å². The van der Waals surface area contributed by atoms with E-state index in [4.69, 9.17) is 4.74 Å². The smallest absolute Gasteiger partial charge is 0.212 e. The first-order valence-electron chi connectivity index (χ1n) is 8.27. The highest BCUT2D eigenvalue weighted by molar-refractivity contribution is 7.98. The van der Waals surface area contributed by atoms with Crippen LogP contribution in [-0.2, 0) is 6.61 Å². The van der Waals surface area contributed by atoms with Crippen molar-refractivity contribution in [2.45, 2.75) is 11.5 Å². The Morgan fingerprint density at radius 2 is 1.64 bits per heavy atom. The molecule has 4 rings (SSSR count). The molecule has 2 heterocycles. The Bertz CT molecular complexity index is 991. The lowest BCUT2D eigenvalue weighted by molar-refractivity contribution is 0.285. The maximum atomic E-state index is 6.27. The van der Waals surface area contributed by atoms with Crippen LogP contribution >= 0.6 is 11.8 Å². The molecule has 124 valence electrons. The average molecular weight is 345 g/mol. The monoisotopic (exact) mass is 345 g/mol. The molecule has 2 aromatic carbocycles. The molecular weight excluding hydrogens is 326 g/mol. The van der Waals surface area contributed by atoms with Crippen molar-refractivity contribution in [3.05, 3.63) is 90.6 Å². The van der Waals surface area contributed by atoms with Crippen molar-refractivity contribution >= 4 is 17.3 Å². The molecule has 0 aliphatic carbocycles. The van der Waals surface area contributed by atoms with Crippen LogP contribution in [0.3, 0.4) is 0 Å². The maximum Gasteiger partial charge on any atom is 0.212 e. The summed E-state index contributed by atoms with van der Waals surface area (Å²) < 4.78 is 8.38. The molecule has 0 spiro atoms. The van der Waals surface area contributed by atoms with Crippen molar-refractivity contribution in [2.24, 2.45) is 0 Å². The zero-order valence-corrected chi connectivity index (χ0v) is 14.9. The highest BCUT2D eigenvalue weighted by atomic mass is 32.2. The van der Waals surface area contributed by atoms with Crippen molar-refractivity contribution in [1.29, 1.82) is 0 Å². The molecule has 0 amide bonds. The minimum atomic E-state index is 0.541. The summed E-state index contributed by atoms with van der Waals surface area (Å²) in [7, 11) is 0. The highest BCUT2D eigenvalue weighted by Gasteiger charge is 2.12. The van der Waals surface area contributed by atoms with E-state index >= 15 is 0 Å². The Labute approximate surface area is 152 Å². The van der Waals surface area contributed by atoms with Gasteiger partial charge in [-0.1, -0.05) is 60.7 Å². The van der Waals surface area contributed by atoms with Gasteiger partial charge in [0.1, 0.15) is 6.61 Å². The number of rotatable bonds is 5. The summed E-state index contributed by atoms with van der Waals surface area (Å²) in [6, 6.07) is 27.2. The molecule has 0 unspecified atom stereocenters. The number of hydrogen-bond acceptors (Lipinski definition) is 2. The topological polar surface area (TPSA) is 13.6 Å². The molecule has 0 saturated heterocycles. The Morgan fingerprint density at radius 1 is 0.880 bits per heavy atom. The van der Waals surface area contributed by atoms with E-state index < -0.39 is 0 Å². The summed E-state index contributed by atoms with van der Waals surface area (Å²) in [6.45, 7) is 0.541. The number of pyridine rings is 1. The van der Waals surface area contributed by atoms with Gasteiger partial charge in [0.25, 0.3) is 0 Å². The summed E-state index contributed by atoms with van der Waals surface area (Å²) in [5.41, 5.74) is 4.77. The van der Waals surface area contributed by atoms with Crippen LogP contribution in [0.4, 0.5) is 0 Å². The number of fused-ring (bicyclic) bond motifs is 1. The van der Waals surface area contributed by atoms with Crippen molar-refractivity contribution in [3.63, 3.8) is 0 Å². The lowest BCUT2D eigenvalue weighted by Crippen LogP contribution is -2.00. The van der Waals surface area contributed by atoms with Crippen molar-refractivity contribution in [3.8, 4) is 17.0 Å². The zero-order chi connectivity index (χ0) is 17.1. The first-order chi connectivity index (χ1) is 12.4. The van der Waals surface area contributed by atoms with Gasteiger partial charge in [0.05, 0.1) is 4.90 Å². The molecule has 0 radical (unpaired) electrons. The highest BCUT2D eigenvalue weighted by Crippen LogP contribution is 2.33. The third kappa shape index (κ3) is 3.15. The zero-order valence-electron chi connectivity index (χ0n) is 14.1. The lowest BCUT2D eigenvalue weighted by Gasteiger charge is -2.12. The van der Waals surface area contributed by atoms with Crippen LogP contribution in [-0.4, -0.2) is 10.7 Å². The van der Waals surface area contributed by atoms with Gasteiger partial charge in [-0.25, -0.2) is 0 Å². The lowest BCUT2D eigenvalue weighted by atomic mass is 10.0. The van der Waals surface area contributed by atoms with Gasteiger partial charge in [0, 0.05) is 11.7 Å². The van der Waals surface area contributed by atoms with E-state index in [-0.39, 0.29) is 0 Å². The summed E-state index contributed by atoms with van der Waals surface area (Å²) >= 11 is 1.71. The van der Waals surface area contributed by atoms with Gasteiger partial charge in [-0.15, -0.1) is 11.8 Å². The molecule has 2 nitrogen and oxygen atoms in total. The molecule has 0 aliphatic rings. The fraction of sp³-hybridized carbons (Fsp3) is 0.0909. The van der Waals surface area contributed by atoms with Gasteiger partial charge >= 0.3 is 0 Å². The van der Waals surface area contributed by atoms with Gasteiger partial charge in [-0.2, -0.15) is 0 Å². The van der Waals surface area contributed by atoms with Crippen LogP contribution in [0.15, 0.2) is 90.0 Å². The quantitative estimate of drug-likeness (QED) is 0.417. The Balaban J connectivity index is 1.67. The molecule has 2 aromatic heterocycles. The van der Waals surface area contributed by atoms with E-state index in [1.54, 1.807) is 11.8 Å². The normalized spacial score (nSPS) is 10.9. The molecule has 0 fully saturated rings. The summed E-state index contributed by atoms with van der Waals surface area (Å²) in [6.07, 6.45) is 4.13. The second-order valence-electron chi connectivity index (χ2n) is 5.83. The Kier molecular flexibility index (Phi) is 4.49. The molecule has 4 aromatic rings. The van der Waals surface area contributed by atoms with Gasteiger partial charge < -0.3 is 4.74 Å². The number of benzene rings is 2. The fourth-order valence-corrected chi connectivity index (χ4v) is 3.62. The van der Waals surface area contributed by atoms with Crippen LogP contribution in [0.5, 0.6) is 5.88 Å². The molecule has 3 heteroatoms. The number of hydrogen-bond donors (Lipinski definition) is 0. The predicted octanol–water partition coefficient (Wildman–Crippen LogP) is 5.91. The molecule has 25 heavy (non-hydrogen) atoms. The van der Waals surface area contributed by atoms with E-state index in [1.807, 2.05) is 24.4 Å².